The Morgan fingerprint density at radius 3 is 3.11 bits per heavy atom. The minimum absolute atomic E-state index is 0.166. The number of aromatic nitrogens is 2. The maximum atomic E-state index is 5.54. The molecular weight excluding hydrogens is 234 g/mol. The van der Waals surface area contributed by atoms with Crippen molar-refractivity contribution in [2.45, 2.75) is 25.4 Å². The van der Waals surface area contributed by atoms with Crippen molar-refractivity contribution < 1.29 is 14.0 Å². The molecule has 0 radical (unpaired) electrons. The van der Waals surface area contributed by atoms with E-state index < -0.39 is 0 Å². The Hall–Kier alpha value is -0.980. The molecule has 2 fully saturated rings. The molecule has 2 saturated heterocycles. The van der Waals surface area contributed by atoms with Crippen molar-refractivity contribution >= 4 is 0 Å². The van der Waals surface area contributed by atoms with Crippen LogP contribution in [-0.4, -0.2) is 43.1 Å². The van der Waals surface area contributed by atoms with E-state index in [1.165, 1.54) is 12.8 Å². The van der Waals surface area contributed by atoms with Crippen molar-refractivity contribution in [3.8, 4) is 0 Å². The molecule has 2 unspecified atom stereocenters. The van der Waals surface area contributed by atoms with Gasteiger partial charge in [-0.1, -0.05) is 5.16 Å². The number of nitrogens with one attached hydrogen (secondary N) is 1. The Balaban J connectivity index is 1.58. The van der Waals surface area contributed by atoms with E-state index in [1.807, 2.05) is 0 Å². The summed E-state index contributed by atoms with van der Waals surface area (Å²) >= 11 is 0. The van der Waals surface area contributed by atoms with Gasteiger partial charge in [0.2, 0.25) is 11.7 Å². The largest absolute Gasteiger partial charge is 0.376 e. The molecule has 3 heterocycles. The lowest BCUT2D eigenvalue weighted by molar-refractivity contribution is -0.0941. The van der Waals surface area contributed by atoms with Crippen LogP contribution in [0.1, 0.15) is 30.7 Å². The van der Waals surface area contributed by atoms with Gasteiger partial charge >= 0.3 is 0 Å². The molecule has 0 aromatic carbocycles. The molecule has 1 aromatic heterocycles. The van der Waals surface area contributed by atoms with E-state index in [2.05, 4.69) is 15.5 Å². The van der Waals surface area contributed by atoms with Gasteiger partial charge in [-0.2, -0.15) is 4.98 Å². The molecule has 2 atom stereocenters. The average Bonchev–Trinajstić information content (AvgIpc) is 2.89. The molecule has 0 amide bonds. The summed E-state index contributed by atoms with van der Waals surface area (Å²) in [5.74, 6) is 1.94. The first-order valence-electron chi connectivity index (χ1n) is 6.64. The minimum Gasteiger partial charge on any atom is -0.376 e. The fourth-order valence-electron chi connectivity index (χ4n) is 2.46. The molecule has 1 aromatic rings. The van der Waals surface area contributed by atoms with E-state index >= 15 is 0 Å². The lowest BCUT2D eigenvalue weighted by atomic mass is 9.96. The lowest BCUT2D eigenvalue weighted by Crippen LogP contribution is -2.30. The van der Waals surface area contributed by atoms with Crippen LogP contribution in [0.15, 0.2) is 4.52 Å². The second-order valence-electron chi connectivity index (χ2n) is 4.90. The Morgan fingerprint density at radius 2 is 2.33 bits per heavy atom. The highest BCUT2D eigenvalue weighted by Gasteiger charge is 2.23. The van der Waals surface area contributed by atoms with Gasteiger partial charge in [-0.3, -0.25) is 0 Å². The number of ether oxygens (including phenoxy) is 2. The molecule has 0 spiro atoms. The van der Waals surface area contributed by atoms with Crippen molar-refractivity contribution in [1.29, 1.82) is 0 Å². The monoisotopic (exact) mass is 253 g/mol. The van der Waals surface area contributed by atoms with Crippen LogP contribution in [0.25, 0.3) is 0 Å². The zero-order valence-corrected chi connectivity index (χ0v) is 10.4. The van der Waals surface area contributed by atoms with Crippen molar-refractivity contribution in [2.24, 2.45) is 5.92 Å². The predicted octanol–water partition coefficient (Wildman–Crippen LogP) is 0.700. The van der Waals surface area contributed by atoms with Gasteiger partial charge in [0.25, 0.3) is 0 Å². The molecule has 0 bridgehead atoms. The summed E-state index contributed by atoms with van der Waals surface area (Å²) in [6.07, 6.45) is 3.15. The van der Waals surface area contributed by atoms with Crippen LogP contribution in [0.5, 0.6) is 0 Å². The van der Waals surface area contributed by atoms with Crippen molar-refractivity contribution in [3.63, 3.8) is 0 Å². The molecule has 0 saturated carbocycles. The first-order valence-corrected chi connectivity index (χ1v) is 6.64. The highest BCUT2D eigenvalue weighted by molar-refractivity contribution is 4.93. The molecule has 3 rings (SSSR count). The zero-order chi connectivity index (χ0) is 12.2. The smallest absolute Gasteiger partial charge is 0.227 e. The SMILES string of the molecule is C1CNCC(Cc2nc(C3COCCO3)no2)C1. The molecule has 6 heteroatoms. The quantitative estimate of drug-likeness (QED) is 0.855. The van der Waals surface area contributed by atoms with Crippen LogP contribution >= 0.6 is 0 Å². The maximum Gasteiger partial charge on any atom is 0.227 e. The molecular formula is C12H19N3O3. The number of nitrogens with zero attached hydrogens (tertiary/aromatic N) is 2. The van der Waals surface area contributed by atoms with Crippen molar-refractivity contribution in [1.82, 2.24) is 15.5 Å². The molecule has 100 valence electrons. The fraction of sp³-hybridized carbons (Fsp3) is 0.833. The van der Waals surface area contributed by atoms with E-state index in [-0.39, 0.29) is 6.10 Å². The van der Waals surface area contributed by atoms with Gasteiger partial charge in [-0.25, -0.2) is 0 Å². The number of piperidine rings is 1. The third kappa shape index (κ3) is 2.88. The molecule has 2 aliphatic rings. The highest BCUT2D eigenvalue weighted by Crippen LogP contribution is 2.20. The van der Waals surface area contributed by atoms with Crippen LogP contribution in [0, 0.1) is 5.92 Å². The molecule has 18 heavy (non-hydrogen) atoms. The van der Waals surface area contributed by atoms with Crippen LogP contribution < -0.4 is 5.32 Å². The van der Waals surface area contributed by atoms with Gasteiger partial charge in [0, 0.05) is 6.42 Å². The summed E-state index contributed by atoms with van der Waals surface area (Å²) in [4.78, 5) is 4.42. The summed E-state index contributed by atoms with van der Waals surface area (Å²) in [6, 6.07) is 0. The standard InChI is InChI=1S/C12H19N3O3/c1-2-9(7-13-3-1)6-11-14-12(15-18-11)10-8-16-4-5-17-10/h9-10,13H,1-8H2. The second-order valence-corrected chi connectivity index (χ2v) is 4.90. The first-order chi connectivity index (χ1) is 8.92. The number of hydrogen-bond acceptors (Lipinski definition) is 6. The van der Waals surface area contributed by atoms with Crippen LogP contribution in [0.4, 0.5) is 0 Å². The zero-order valence-electron chi connectivity index (χ0n) is 10.4. The minimum atomic E-state index is -0.166. The number of hydrogen-bond donors (Lipinski definition) is 1. The summed E-state index contributed by atoms with van der Waals surface area (Å²) in [5, 5.41) is 7.38. The normalized spacial score (nSPS) is 29.3. The van der Waals surface area contributed by atoms with Gasteiger partial charge in [-0.15, -0.1) is 0 Å². The predicted molar refractivity (Wildman–Crippen MR) is 63.1 cm³/mol. The third-order valence-electron chi connectivity index (χ3n) is 3.45. The van der Waals surface area contributed by atoms with E-state index in [1.54, 1.807) is 0 Å². The van der Waals surface area contributed by atoms with E-state index in [9.17, 15) is 0 Å². The third-order valence-corrected chi connectivity index (χ3v) is 3.45. The summed E-state index contributed by atoms with van der Waals surface area (Å²) in [7, 11) is 0. The van der Waals surface area contributed by atoms with Crippen LogP contribution in [0.3, 0.4) is 0 Å². The molecule has 2 aliphatic heterocycles. The molecule has 6 nitrogen and oxygen atoms in total. The van der Waals surface area contributed by atoms with E-state index in [4.69, 9.17) is 14.0 Å². The number of rotatable bonds is 3. The van der Waals surface area contributed by atoms with E-state index in [0.29, 0.717) is 37.5 Å². The Bertz CT molecular complexity index is 370. The molecule has 1 N–H and O–H groups in total. The Kier molecular flexibility index (Phi) is 3.87. The lowest BCUT2D eigenvalue weighted by Gasteiger charge is -2.21. The van der Waals surface area contributed by atoms with Crippen molar-refractivity contribution in [2.75, 3.05) is 32.9 Å². The van der Waals surface area contributed by atoms with E-state index in [0.717, 1.165) is 19.5 Å². The maximum absolute atomic E-state index is 5.54. The first kappa shape index (κ1) is 12.1. The van der Waals surface area contributed by atoms with Gasteiger partial charge in [0.1, 0.15) is 6.10 Å². The van der Waals surface area contributed by atoms with Gasteiger partial charge < -0.3 is 19.3 Å². The summed E-state index contributed by atoms with van der Waals surface area (Å²) in [5.41, 5.74) is 0. The second kappa shape index (κ2) is 5.77. The highest BCUT2D eigenvalue weighted by atomic mass is 16.6. The topological polar surface area (TPSA) is 69.4 Å². The summed E-state index contributed by atoms with van der Waals surface area (Å²) < 4.78 is 16.2. The summed E-state index contributed by atoms with van der Waals surface area (Å²) in [6.45, 7) is 3.93. The molecule has 0 aliphatic carbocycles. The van der Waals surface area contributed by atoms with Gasteiger partial charge in [0.05, 0.1) is 19.8 Å². The van der Waals surface area contributed by atoms with Crippen LogP contribution in [-0.2, 0) is 15.9 Å². The fourth-order valence-corrected chi connectivity index (χ4v) is 2.46. The Morgan fingerprint density at radius 1 is 1.33 bits per heavy atom. The van der Waals surface area contributed by atoms with Crippen molar-refractivity contribution in [3.05, 3.63) is 11.7 Å². The Labute approximate surface area is 106 Å². The van der Waals surface area contributed by atoms with Crippen LogP contribution in [0.2, 0.25) is 0 Å². The average molecular weight is 253 g/mol. The van der Waals surface area contributed by atoms with Gasteiger partial charge in [0.15, 0.2) is 0 Å². The van der Waals surface area contributed by atoms with Gasteiger partial charge in [-0.05, 0) is 31.8 Å².